The van der Waals surface area contributed by atoms with Gasteiger partial charge in [-0.1, -0.05) is 80.5 Å². The average Bonchev–Trinajstić information content (AvgIpc) is 2.42. The van der Waals surface area contributed by atoms with Gasteiger partial charge in [0.1, 0.15) is 0 Å². The largest absolute Gasteiger partial charge is 0.0716 e. The van der Waals surface area contributed by atoms with E-state index in [9.17, 15) is 0 Å². The molecular formula is C18H30. The van der Waals surface area contributed by atoms with Gasteiger partial charge in [-0.3, -0.25) is 0 Å². The highest BCUT2D eigenvalue weighted by Crippen LogP contribution is 2.43. The summed E-state index contributed by atoms with van der Waals surface area (Å²) in [6.07, 6.45) is 7.19. The molecule has 1 aliphatic rings. The normalized spacial score (nSPS) is 20.2. The molecule has 0 amide bonds. The van der Waals surface area contributed by atoms with Gasteiger partial charge in [-0.2, -0.15) is 0 Å². The Morgan fingerprint density at radius 1 is 0.722 bits per heavy atom. The molecule has 1 rings (SSSR count). The molecule has 0 heteroatoms. The Bertz CT molecular complexity index is 406. The summed E-state index contributed by atoms with van der Waals surface area (Å²) in [5.74, 6) is 0. The minimum Gasteiger partial charge on any atom is -0.0716 e. The summed E-state index contributed by atoms with van der Waals surface area (Å²) in [6.45, 7) is 20.6. The molecule has 0 fully saturated rings. The Labute approximate surface area is 114 Å². The monoisotopic (exact) mass is 246 g/mol. The molecule has 0 aromatic carbocycles. The second kappa shape index (κ2) is 4.40. The number of hydrogen-bond acceptors (Lipinski definition) is 0. The maximum Gasteiger partial charge on any atom is -0.0126 e. The summed E-state index contributed by atoms with van der Waals surface area (Å²) in [4.78, 5) is 0. The maximum absolute atomic E-state index is 2.41. The molecule has 18 heavy (non-hydrogen) atoms. The summed E-state index contributed by atoms with van der Waals surface area (Å²) < 4.78 is 0. The van der Waals surface area contributed by atoms with Crippen LogP contribution < -0.4 is 0 Å². The quantitative estimate of drug-likeness (QED) is 0.498. The lowest BCUT2D eigenvalue weighted by Crippen LogP contribution is -2.11. The summed E-state index contributed by atoms with van der Waals surface area (Å²) in [7, 11) is 0. The molecule has 0 bridgehead atoms. The molecule has 0 nitrogen and oxygen atoms in total. The summed E-state index contributed by atoms with van der Waals surface area (Å²) >= 11 is 0. The Kier molecular flexibility index (Phi) is 3.74. The van der Waals surface area contributed by atoms with Crippen LogP contribution in [0.3, 0.4) is 0 Å². The van der Waals surface area contributed by atoms with Gasteiger partial charge in [-0.05, 0) is 33.0 Å². The molecule has 0 aliphatic heterocycles. The smallest absolute Gasteiger partial charge is 0.0126 e. The van der Waals surface area contributed by atoms with Crippen LogP contribution in [0.25, 0.3) is 0 Å². The van der Waals surface area contributed by atoms with Crippen LogP contribution in [0.1, 0.15) is 62.3 Å². The zero-order chi connectivity index (χ0) is 14.4. The Balaban J connectivity index is 3.30. The van der Waals surface area contributed by atoms with Crippen molar-refractivity contribution >= 4 is 0 Å². The molecule has 1 aliphatic carbocycles. The fourth-order valence-corrected chi connectivity index (χ4v) is 2.19. The van der Waals surface area contributed by atoms with E-state index in [0.717, 1.165) is 0 Å². The van der Waals surface area contributed by atoms with Gasteiger partial charge in [0.15, 0.2) is 0 Å². The zero-order valence-electron chi connectivity index (χ0n) is 13.7. The van der Waals surface area contributed by atoms with Gasteiger partial charge in [-0.15, -0.1) is 0 Å². The predicted octanol–water partition coefficient (Wildman–Crippen LogP) is 5.92. The van der Waals surface area contributed by atoms with E-state index >= 15 is 0 Å². The van der Waals surface area contributed by atoms with E-state index in [0.29, 0.717) is 0 Å². The Hall–Kier alpha value is -0.780. The van der Waals surface area contributed by atoms with Crippen LogP contribution in [0.2, 0.25) is 0 Å². The SMILES string of the molecule is CC(C)(C)/C=C1\C=C(C(C)(C)C)C=C1C(C)(C)C. The third-order valence-electron chi connectivity index (χ3n) is 3.18. The van der Waals surface area contributed by atoms with Crippen molar-refractivity contribution < 1.29 is 0 Å². The van der Waals surface area contributed by atoms with Crippen molar-refractivity contribution in [3.05, 3.63) is 34.9 Å². The third-order valence-corrected chi connectivity index (χ3v) is 3.18. The first-order chi connectivity index (χ1) is 7.81. The lowest BCUT2D eigenvalue weighted by molar-refractivity contribution is 0.500. The van der Waals surface area contributed by atoms with Gasteiger partial charge in [0.05, 0.1) is 0 Å². The molecule has 0 unspecified atom stereocenters. The lowest BCUT2D eigenvalue weighted by Gasteiger charge is -2.24. The minimum absolute atomic E-state index is 0.209. The molecule has 0 saturated carbocycles. The van der Waals surface area contributed by atoms with E-state index in [1.54, 1.807) is 0 Å². The van der Waals surface area contributed by atoms with Crippen molar-refractivity contribution in [3.63, 3.8) is 0 Å². The highest BCUT2D eigenvalue weighted by molar-refractivity contribution is 5.56. The van der Waals surface area contributed by atoms with E-state index < -0.39 is 0 Å². The van der Waals surface area contributed by atoms with Gasteiger partial charge in [0.2, 0.25) is 0 Å². The summed E-state index contributed by atoms with van der Waals surface area (Å²) in [5, 5.41) is 0. The van der Waals surface area contributed by atoms with E-state index in [1.807, 2.05) is 0 Å². The first-order valence-corrected chi connectivity index (χ1v) is 6.98. The van der Waals surface area contributed by atoms with E-state index in [1.165, 1.54) is 16.7 Å². The Morgan fingerprint density at radius 2 is 1.22 bits per heavy atom. The molecule has 0 aromatic heterocycles. The molecule has 102 valence electrons. The Morgan fingerprint density at radius 3 is 1.56 bits per heavy atom. The van der Waals surface area contributed by atoms with Crippen LogP contribution in [0.15, 0.2) is 34.9 Å². The van der Waals surface area contributed by atoms with Crippen molar-refractivity contribution in [2.75, 3.05) is 0 Å². The lowest BCUT2D eigenvalue weighted by atomic mass is 9.80. The van der Waals surface area contributed by atoms with Crippen LogP contribution >= 0.6 is 0 Å². The average molecular weight is 246 g/mol. The van der Waals surface area contributed by atoms with Crippen molar-refractivity contribution in [1.82, 2.24) is 0 Å². The summed E-state index contributed by atoms with van der Waals surface area (Å²) in [6, 6.07) is 0. The number of allylic oxidation sites excluding steroid dienone is 6. The van der Waals surface area contributed by atoms with Crippen LogP contribution in [-0.4, -0.2) is 0 Å². The number of rotatable bonds is 0. The van der Waals surface area contributed by atoms with E-state index in [-0.39, 0.29) is 16.2 Å². The highest BCUT2D eigenvalue weighted by atomic mass is 14.3. The van der Waals surface area contributed by atoms with Gasteiger partial charge in [-0.25, -0.2) is 0 Å². The van der Waals surface area contributed by atoms with Gasteiger partial charge in [0, 0.05) is 0 Å². The fraction of sp³-hybridized carbons (Fsp3) is 0.667. The topological polar surface area (TPSA) is 0 Å². The van der Waals surface area contributed by atoms with Crippen molar-refractivity contribution in [1.29, 1.82) is 0 Å². The third kappa shape index (κ3) is 3.86. The second-order valence-electron chi connectivity index (χ2n) is 8.62. The molecule has 0 saturated heterocycles. The van der Waals surface area contributed by atoms with Crippen LogP contribution in [-0.2, 0) is 0 Å². The molecule has 0 aromatic rings. The number of hydrogen-bond donors (Lipinski definition) is 0. The van der Waals surface area contributed by atoms with Crippen LogP contribution in [0.5, 0.6) is 0 Å². The molecule has 0 heterocycles. The van der Waals surface area contributed by atoms with Gasteiger partial charge < -0.3 is 0 Å². The fourth-order valence-electron chi connectivity index (χ4n) is 2.19. The molecule has 0 radical (unpaired) electrons. The van der Waals surface area contributed by atoms with E-state index in [4.69, 9.17) is 0 Å². The van der Waals surface area contributed by atoms with Gasteiger partial charge in [0.25, 0.3) is 0 Å². The highest BCUT2D eigenvalue weighted by Gasteiger charge is 2.28. The predicted molar refractivity (Wildman–Crippen MR) is 82.6 cm³/mol. The first-order valence-electron chi connectivity index (χ1n) is 6.98. The van der Waals surface area contributed by atoms with E-state index in [2.05, 4.69) is 80.5 Å². The molecule has 0 N–H and O–H groups in total. The van der Waals surface area contributed by atoms with Crippen LogP contribution in [0.4, 0.5) is 0 Å². The summed E-state index contributed by atoms with van der Waals surface area (Å²) in [5.41, 5.74) is 5.00. The van der Waals surface area contributed by atoms with Crippen LogP contribution in [0, 0.1) is 16.2 Å². The maximum atomic E-state index is 2.41. The zero-order valence-corrected chi connectivity index (χ0v) is 13.7. The van der Waals surface area contributed by atoms with Crippen molar-refractivity contribution in [2.24, 2.45) is 16.2 Å². The standard InChI is InChI=1S/C18H30/c1-16(2,3)12-13-10-14(17(4,5)6)11-15(13)18(7,8)9/h10-12H,1-9H3/b13-12+. The second-order valence-corrected chi connectivity index (χ2v) is 8.62. The molecule has 0 atom stereocenters. The first kappa shape index (κ1) is 15.3. The van der Waals surface area contributed by atoms with Gasteiger partial charge >= 0.3 is 0 Å². The molecular weight excluding hydrogens is 216 g/mol. The minimum atomic E-state index is 0.209. The van der Waals surface area contributed by atoms with Crippen molar-refractivity contribution in [2.45, 2.75) is 62.3 Å². The van der Waals surface area contributed by atoms with Crippen molar-refractivity contribution in [3.8, 4) is 0 Å². The molecule has 0 spiro atoms.